The molecule has 30 heavy (non-hydrogen) atoms. The summed E-state index contributed by atoms with van der Waals surface area (Å²) in [6, 6.07) is 17.7. The lowest BCUT2D eigenvalue weighted by Crippen LogP contribution is -2.15. The Balaban J connectivity index is 1.59. The van der Waals surface area contributed by atoms with Crippen LogP contribution >= 0.6 is 0 Å². The minimum absolute atomic E-state index is 0.204. The number of benzene rings is 3. The van der Waals surface area contributed by atoms with Crippen LogP contribution in [0.25, 0.3) is 11.1 Å². The number of anilines is 1. The van der Waals surface area contributed by atoms with Gasteiger partial charge in [-0.25, -0.2) is 9.18 Å². The summed E-state index contributed by atoms with van der Waals surface area (Å²) in [7, 11) is 0. The summed E-state index contributed by atoms with van der Waals surface area (Å²) in [5, 5.41) is 2.82. The molecule has 0 aliphatic heterocycles. The second-order valence-corrected chi connectivity index (χ2v) is 6.67. The number of halogens is 1. The highest BCUT2D eigenvalue weighted by atomic mass is 19.1. The standard InChI is InChI=1S/C23H19FN2O4/c1-2-29-19-10-8-18(9-11-19)25-22(27)16-5-12-21-20(13-16)26(23(28)30-21)14-15-3-6-17(24)7-4-15/h3-13H,2,14H2,1H3,(H,25,27). The summed E-state index contributed by atoms with van der Waals surface area (Å²) >= 11 is 0. The van der Waals surface area contributed by atoms with Crippen LogP contribution in [-0.2, 0) is 6.54 Å². The number of amides is 1. The van der Waals surface area contributed by atoms with Crippen LogP contribution in [0.3, 0.4) is 0 Å². The molecule has 1 amide bonds. The minimum Gasteiger partial charge on any atom is -0.494 e. The zero-order valence-corrected chi connectivity index (χ0v) is 16.2. The molecule has 0 fully saturated rings. The molecule has 152 valence electrons. The molecule has 0 unspecified atom stereocenters. The highest BCUT2D eigenvalue weighted by molar-refractivity contribution is 6.05. The van der Waals surface area contributed by atoms with Crippen molar-refractivity contribution in [3.63, 3.8) is 0 Å². The van der Waals surface area contributed by atoms with E-state index in [0.717, 1.165) is 11.3 Å². The van der Waals surface area contributed by atoms with Gasteiger partial charge in [0.1, 0.15) is 11.6 Å². The van der Waals surface area contributed by atoms with Gasteiger partial charge in [0.05, 0.1) is 18.7 Å². The molecule has 0 aliphatic carbocycles. The van der Waals surface area contributed by atoms with Gasteiger partial charge in [-0.1, -0.05) is 12.1 Å². The zero-order chi connectivity index (χ0) is 21.1. The predicted octanol–water partition coefficient (Wildman–Crippen LogP) is 4.43. The third-order valence-electron chi connectivity index (χ3n) is 4.61. The van der Waals surface area contributed by atoms with Crippen LogP contribution < -0.4 is 15.8 Å². The van der Waals surface area contributed by atoms with Gasteiger partial charge in [0.25, 0.3) is 5.91 Å². The molecule has 0 bridgehead atoms. The van der Waals surface area contributed by atoms with Gasteiger partial charge in [0, 0.05) is 11.3 Å². The van der Waals surface area contributed by atoms with Crippen LogP contribution in [0.2, 0.25) is 0 Å². The average Bonchev–Trinajstić information content (AvgIpc) is 3.05. The van der Waals surface area contributed by atoms with E-state index in [2.05, 4.69) is 5.32 Å². The van der Waals surface area contributed by atoms with Crippen molar-refractivity contribution in [2.24, 2.45) is 0 Å². The van der Waals surface area contributed by atoms with E-state index in [9.17, 15) is 14.0 Å². The molecule has 1 aromatic heterocycles. The fourth-order valence-corrected chi connectivity index (χ4v) is 3.13. The second kappa shape index (κ2) is 8.24. The maximum Gasteiger partial charge on any atom is 0.420 e. The molecule has 0 spiro atoms. The van der Waals surface area contributed by atoms with Crippen molar-refractivity contribution >= 4 is 22.7 Å². The fraction of sp³-hybridized carbons (Fsp3) is 0.130. The quantitative estimate of drug-likeness (QED) is 0.514. The summed E-state index contributed by atoms with van der Waals surface area (Å²) in [4.78, 5) is 25.0. The van der Waals surface area contributed by atoms with Crippen molar-refractivity contribution in [1.82, 2.24) is 4.57 Å². The van der Waals surface area contributed by atoms with Crippen LogP contribution in [0.4, 0.5) is 10.1 Å². The topological polar surface area (TPSA) is 73.5 Å². The summed E-state index contributed by atoms with van der Waals surface area (Å²) < 4.78 is 25.2. The first kappa shape index (κ1) is 19.4. The number of carbonyl (C=O) groups excluding carboxylic acids is 1. The Morgan fingerprint density at radius 2 is 1.80 bits per heavy atom. The van der Waals surface area contributed by atoms with Crippen molar-refractivity contribution in [2.75, 3.05) is 11.9 Å². The molecular formula is C23H19FN2O4. The highest BCUT2D eigenvalue weighted by Crippen LogP contribution is 2.20. The summed E-state index contributed by atoms with van der Waals surface area (Å²) in [6.45, 7) is 2.67. The van der Waals surface area contributed by atoms with Crippen LogP contribution in [-0.4, -0.2) is 17.1 Å². The predicted molar refractivity (Wildman–Crippen MR) is 112 cm³/mol. The molecule has 0 saturated heterocycles. The maximum absolute atomic E-state index is 13.1. The van der Waals surface area contributed by atoms with Crippen molar-refractivity contribution in [3.8, 4) is 5.75 Å². The van der Waals surface area contributed by atoms with Gasteiger partial charge in [-0.15, -0.1) is 0 Å². The molecule has 4 aromatic rings. The second-order valence-electron chi connectivity index (χ2n) is 6.67. The van der Waals surface area contributed by atoms with Crippen molar-refractivity contribution < 1.29 is 18.3 Å². The number of aromatic nitrogens is 1. The van der Waals surface area contributed by atoms with E-state index in [-0.39, 0.29) is 18.3 Å². The third-order valence-corrected chi connectivity index (χ3v) is 4.61. The largest absolute Gasteiger partial charge is 0.494 e. The van der Waals surface area contributed by atoms with Crippen LogP contribution in [0.15, 0.2) is 75.9 Å². The van der Waals surface area contributed by atoms with Crippen molar-refractivity contribution in [1.29, 1.82) is 0 Å². The first-order chi connectivity index (χ1) is 14.5. The molecule has 4 rings (SSSR count). The Morgan fingerprint density at radius 3 is 2.50 bits per heavy atom. The number of carbonyl (C=O) groups is 1. The number of hydrogen-bond acceptors (Lipinski definition) is 4. The van der Waals surface area contributed by atoms with E-state index in [1.807, 2.05) is 6.92 Å². The van der Waals surface area contributed by atoms with E-state index < -0.39 is 5.76 Å². The Hall–Kier alpha value is -3.87. The number of nitrogens with one attached hydrogen (secondary N) is 1. The average molecular weight is 406 g/mol. The first-order valence-corrected chi connectivity index (χ1v) is 9.45. The van der Waals surface area contributed by atoms with E-state index in [1.165, 1.54) is 16.7 Å². The smallest absolute Gasteiger partial charge is 0.420 e. The van der Waals surface area contributed by atoms with E-state index in [0.29, 0.717) is 29.0 Å². The lowest BCUT2D eigenvalue weighted by molar-refractivity contribution is 0.102. The number of fused-ring (bicyclic) bond motifs is 1. The van der Waals surface area contributed by atoms with Crippen LogP contribution in [0, 0.1) is 5.82 Å². The van der Waals surface area contributed by atoms with E-state index in [1.54, 1.807) is 54.6 Å². The number of hydrogen-bond donors (Lipinski definition) is 1. The molecule has 1 N–H and O–H groups in total. The monoisotopic (exact) mass is 406 g/mol. The number of oxazole rings is 1. The molecular weight excluding hydrogens is 387 g/mol. The van der Waals surface area contributed by atoms with Crippen LogP contribution in [0.5, 0.6) is 5.75 Å². The Labute approximate surface area is 171 Å². The minimum atomic E-state index is -0.543. The number of nitrogens with zero attached hydrogens (tertiary/aromatic N) is 1. The lowest BCUT2D eigenvalue weighted by atomic mass is 10.1. The Morgan fingerprint density at radius 1 is 1.07 bits per heavy atom. The van der Waals surface area contributed by atoms with Gasteiger partial charge in [0.2, 0.25) is 0 Å². The number of ether oxygens (including phenoxy) is 1. The fourth-order valence-electron chi connectivity index (χ4n) is 3.13. The van der Waals surface area contributed by atoms with Gasteiger partial charge in [-0.2, -0.15) is 0 Å². The van der Waals surface area contributed by atoms with Gasteiger partial charge < -0.3 is 14.5 Å². The molecule has 7 heteroatoms. The van der Waals surface area contributed by atoms with Crippen molar-refractivity contribution in [3.05, 3.63) is 94.2 Å². The van der Waals surface area contributed by atoms with Crippen molar-refractivity contribution in [2.45, 2.75) is 13.5 Å². The van der Waals surface area contributed by atoms with Crippen LogP contribution in [0.1, 0.15) is 22.8 Å². The normalized spacial score (nSPS) is 10.9. The van der Waals surface area contributed by atoms with Gasteiger partial charge >= 0.3 is 5.76 Å². The summed E-state index contributed by atoms with van der Waals surface area (Å²) in [5.74, 6) is -0.488. The molecule has 3 aromatic carbocycles. The SMILES string of the molecule is CCOc1ccc(NC(=O)c2ccc3oc(=O)n(Cc4ccc(F)cc4)c3c2)cc1. The molecule has 1 heterocycles. The molecule has 0 saturated carbocycles. The summed E-state index contributed by atoms with van der Waals surface area (Å²) in [5.41, 5.74) is 2.61. The van der Waals surface area contributed by atoms with E-state index in [4.69, 9.17) is 9.15 Å². The van der Waals surface area contributed by atoms with E-state index >= 15 is 0 Å². The molecule has 0 atom stereocenters. The first-order valence-electron chi connectivity index (χ1n) is 9.45. The third kappa shape index (κ3) is 4.10. The Bertz CT molecular complexity index is 1240. The number of rotatable bonds is 6. The van der Waals surface area contributed by atoms with Gasteiger partial charge in [0.15, 0.2) is 5.58 Å². The molecule has 6 nitrogen and oxygen atoms in total. The lowest BCUT2D eigenvalue weighted by Gasteiger charge is -2.08. The molecule has 0 radical (unpaired) electrons. The zero-order valence-electron chi connectivity index (χ0n) is 16.2. The molecule has 0 aliphatic rings. The van der Waals surface area contributed by atoms with Gasteiger partial charge in [-0.3, -0.25) is 9.36 Å². The Kier molecular flexibility index (Phi) is 5.34. The summed E-state index contributed by atoms with van der Waals surface area (Å²) in [6.07, 6.45) is 0. The maximum atomic E-state index is 13.1. The highest BCUT2D eigenvalue weighted by Gasteiger charge is 2.14. The van der Waals surface area contributed by atoms with Gasteiger partial charge in [-0.05, 0) is 67.1 Å².